The van der Waals surface area contributed by atoms with Gasteiger partial charge in [0, 0.05) is 6.42 Å². The lowest BCUT2D eigenvalue weighted by molar-refractivity contribution is -0.125. The highest BCUT2D eigenvalue weighted by atomic mass is 16.1. The fourth-order valence-corrected chi connectivity index (χ4v) is 4.96. The van der Waals surface area contributed by atoms with E-state index in [0.29, 0.717) is 5.92 Å². The Kier molecular flexibility index (Phi) is 3.28. The van der Waals surface area contributed by atoms with Crippen LogP contribution in [0.4, 0.5) is 0 Å². The van der Waals surface area contributed by atoms with Gasteiger partial charge >= 0.3 is 0 Å². The van der Waals surface area contributed by atoms with Gasteiger partial charge in [0.1, 0.15) is 0 Å². The minimum absolute atomic E-state index is 0.0596. The second-order valence-electron chi connectivity index (χ2n) is 7.49. The van der Waals surface area contributed by atoms with Crippen molar-refractivity contribution in [2.24, 2.45) is 17.8 Å². The number of amides is 1. The Labute approximate surface area is 127 Å². The largest absolute Gasteiger partial charge is 0.347 e. The molecule has 3 saturated carbocycles. The Morgan fingerprint density at radius 2 is 1.95 bits per heavy atom. The topological polar surface area (TPSA) is 29.1 Å². The van der Waals surface area contributed by atoms with Crippen molar-refractivity contribution in [3.63, 3.8) is 0 Å². The second kappa shape index (κ2) is 5.15. The van der Waals surface area contributed by atoms with E-state index in [-0.39, 0.29) is 11.4 Å². The molecule has 1 amide bonds. The van der Waals surface area contributed by atoms with Gasteiger partial charge < -0.3 is 5.32 Å². The van der Waals surface area contributed by atoms with E-state index in [2.05, 4.69) is 29.6 Å². The van der Waals surface area contributed by atoms with Gasteiger partial charge in [-0.3, -0.25) is 4.79 Å². The van der Waals surface area contributed by atoms with Crippen molar-refractivity contribution in [3.8, 4) is 0 Å². The zero-order chi connectivity index (χ0) is 14.3. The first kappa shape index (κ1) is 13.4. The third kappa shape index (κ3) is 2.39. The van der Waals surface area contributed by atoms with Gasteiger partial charge in [-0.15, -0.1) is 0 Å². The maximum absolute atomic E-state index is 12.5. The van der Waals surface area contributed by atoms with Crippen molar-refractivity contribution in [2.45, 2.75) is 56.9 Å². The SMILES string of the molecule is O=C(CC1CC2CCC1C2)NC1(c2ccccc2)CCC1. The highest BCUT2D eigenvalue weighted by molar-refractivity contribution is 5.77. The third-order valence-corrected chi connectivity index (χ3v) is 6.24. The van der Waals surface area contributed by atoms with Crippen molar-refractivity contribution < 1.29 is 4.79 Å². The Morgan fingerprint density at radius 1 is 1.14 bits per heavy atom. The normalized spacial score (nSPS) is 32.7. The van der Waals surface area contributed by atoms with E-state index >= 15 is 0 Å². The zero-order valence-electron chi connectivity index (χ0n) is 12.7. The number of fused-ring (bicyclic) bond motifs is 2. The van der Waals surface area contributed by atoms with Gasteiger partial charge in [0.2, 0.25) is 5.91 Å². The minimum atomic E-state index is -0.0596. The summed E-state index contributed by atoms with van der Waals surface area (Å²) in [7, 11) is 0. The zero-order valence-corrected chi connectivity index (χ0v) is 12.7. The summed E-state index contributed by atoms with van der Waals surface area (Å²) in [5.41, 5.74) is 1.23. The van der Waals surface area contributed by atoms with Gasteiger partial charge in [-0.1, -0.05) is 36.8 Å². The van der Waals surface area contributed by atoms with Crippen LogP contribution in [0, 0.1) is 17.8 Å². The molecular formula is C19H25NO. The monoisotopic (exact) mass is 283 g/mol. The molecule has 0 radical (unpaired) electrons. The van der Waals surface area contributed by atoms with E-state index in [1.807, 2.05) is 6.07 Å². The van der Waals surface area contributed by atoms with Gasteiger partial charge in [0.25, 0.3) is 0 Å². The van der Waals surface area contributed by atoms with E-state index in [9.17, 15) is 4.79 Å². The maximum Gasteiger partial charge on any atom is 0.220 e. The van der Waals surface area contributed by atoms with E-state index in [0.717, 1.165) is 31.1 Å². The van der Waals surface area contributed by atoms with Gasteiger partial charge in [0.05, 0.1) is 5.54 Å². The lowest BCUT2D eigenvalue weighted by Crippen LogP contribution is -2.51. The Hall–Kier alpha value is -1.31. The number of hydrogen-bond donors (Lipinski definition) is 1. The molecule has 3 unspecified atom stereocenters. The van der Waals surface area contributed by atoms with Crippen LogP contribution in [0.1, 0.15) is 56.9 Å². The Balaban J connectivity index is 1.41. The van der Waals surface area contributed by atoms with Crippen LogP contribution in [0.15, 0.2) is 30.3 Å². The molecule has 0 aliphatic heterocycles. The van der Waals surface area contributed by atoms with Crippen LogP contribution in [0.2, 0.25) is 0 Å². The summed E-state index contributed by atoms with van der Waals surface area (Å²) in [6.07, 6.45) is 9.65. The number of benzene rings is 1. The molecule has 2 heteroatoms. The van der Waals surface area contributed by atoms with Crippen molar-refractivity contribution in [3.05, 3.63) is 35.9 Å². The fourth-order valence-electron chi connectivity index (χ4n) is 4.96. The molecule has 0 aromatic heterocycles. The van der Waals surface area contributed by atoms with Gasteiger partial charge in [-0.25, -0.2) is 0 Å². The predicted octanol–water partition coefficient (Wildman–Crippen LogP) is 4.01. The highest BCUT2D eigenvalue weighted by Gasteiger charge is 2.43. The van der Waals surface area contributed by atoms with Crippen LogP contribution in [0.3, 0.4) is 0 Å². The molecular weight excluding hydrogens is 258 g/mol. The van der Waals surface area contributed by atoms with E-state index in [1.165, 1.54) is 37.7 Å². The van der Waals surface area contributed by atoms with Gasteiger partial charge in [-0.2, -0.15) is 0 Å². The molecule has 3 aliphatic rings. The average Bonchev–Trinajstić information content (AvgIpc) is 3.06. The summed E-state index contributed by atoms with van der Waals surface area (Å²) in [6, 6.07) is 10.5. The number of hydrogen-bond acceptors (Lipinski definition) is 1. The Bertz CT molecular complexity index is 520. The number of rotatable bonds is 4. The van der Waals surface area contributed by atoms with Gasteiger partial charge in [-0.05, 0) is 61.8 Å². The molecule has 0 saturated heterocycles. The fraction of sp³-hybridized carbons (Fsp3) is 0.632. The van der Waals surface area contributed by atoms with Gasteiger partial charge in [0.15, 0.2) is 0 Å². The third-order valence-electron chi connectivity index (χ3n) is 6.24. The van der Waals surface area contributed by atoms with Crippen LogP contribution in [0.5, 0.6) is 0 Å². The summed E-state index contributed by atoms with van der Waals surface area (Å²) in [4.78, 5) is 12.5. The molecule has 1 aromatic carbocycles. The lowest BCUT2D eigenvalue weighted by Gasteiger charge is -2.43. The van der Waals surface area contributed by atoms with Crippen LogP contribution in [0.25, 0.3) is 0 Å². The second-order valence-corrected chi connectivity index (χ2v) is 7.49. The molecule has 1 N–H and O–H groups in total. The van der Waals surface area contributed by atoms with Crippen LogP contribution < -0.4 is 5.32 Å². The van der Waals surface area contributed by atoms with Crippen LogP contribution >= 0.6 is 0 Å². The lowest BCUT2D eigenvalue weighted by atomic mass is 9.71. The predicted molar refractivity (Wildman–Crippen MR) is 83.7 cm³/mol. The summed E-state index contributed by atoms with van der Waals surface area (Å²) in [5.74, 6) is 2.72. The molecule has 0 spiro atoms. The number of carbonyl (C=O) groups excluding carboxylic acids is 1. The molecule has 2 bridgehead atoms. The summed E-state index contributed by atoms with van der Waals surface area (Å²) in [6.45, 7) is 0. The molecule has 112 valence electrons. The molecule has 21 heavy (non-hydrogen) atoms. The Morgan fingerprint density at radius 3 is 2.52 bits per heavy atom. The maximum atomic E-state index is 12.5. The van der Waals surface area contributed by atoms with Crippen molar-refractivity contribution in [1.29, 1.82) is 0 Å². The van der Waals surface area contributed by atoms with E-state index in [4.69, 9.17) is 0 Å². The molecule has 2 nitrogen and oxygen atoms in total. The number of carbonyl (C=O) groups is 1. The highest BCUT2D eigenvalue weighted by Crippen LogP contribution is 2.50. The van der Waals surface area contributed by atoms with Crippen molar-refractivity contribution in [2.75, 3.05) is 0 Å². The smallest absolute Gasteiger partial charge is 0.220 e. The standard InChI is InChI=1S/C19H25NO/c21-18(13-16-12-14-7-8-15(16)11-14)20-19(9-4-10-19)17-5-2-1-3-6-17/h1-3,5-6,14-16H,4,7-13H2,(H,20,21). The minimum Gasteiger partial charge on any atom is -0.347 e. The molecule has 3 fully saturated rings. The quantitative estimate of drug-likeness (QED) is 0.889. The number of nitrogens with one attached hydrogen (secondary N) is 1. The van der Waals surface area contributed by atoms with E-state index in [1.54, 1.807) is 0 Å². The van der Waals surface area contributed by atoms with Crippen molar-refractivity contribution >= 4 is 5.91 Å². The summed E-state index contributed by atoms with van der Waals surface area (Å²) >= 11 is 0. The van der Waals surface area contributed by atoms with Crippen LogP contribution in [-0.4, -0.2) is 5.91 Å². The molecule has 3 aliphatic carbocycles. The summed E-state index contributed by atoms with van der Waals surface area (Å²) < 4.78 is 0. The van der Waals surface area contributed by atoms with Crippen LogP contribution in [-0.2, 0) is 10.3 Å². The average molecular weight is 283 g/mol. The molecule has 4 rings (SSSR count). The first-order valence-electron chi connectivity index (χ1n) is 8.62. The molecule has 3 atom stereocenters. The summed E-state index contributed by atoms with van der Waals surface area (Å²) in [5, 5.41) is 3.39. The first-order valence-corrected chi connectivity index (χ1v) is 8.62. The first-order chi connectivity index (χ1) is 10.3. The van der Waals surface area contributed by atoms with Crippen molar-refractivity contribution in [1.82, 2.24) is 5.32 Å². The van der Waals surface area contributed by atoms with E-state index < -0.39 is 0 Å². The molecule has 1 aromatic rings. The molecule has 0 heterocycles.